The lowest BCUT2D eigenvalue weighted by Crippen LogP contribution is -2.25. The molecule has 5 rings (SSSR count). The third-order valence-electron chi connectivity index (χ3n) is 5.42. The van der Waals surface area contributed by atoms with E-state index >= 15 is 0 Å². The largest absolute Gasteiger partial charge is 0.493 e. The van der Waals surface area contributed by atoms with Crippen LogP contribution in [0.15, 0.2) is 65.2 Å². The zero-order chi connectivity index (χ0) is 22.8. The Morgan fingerprint density at radius 2 is 1.97 bits per heavy atom. The third-order valence-corrected chi connectivity index (χ3v) is 6.40. The average molecular weight is 460 g/mol. The van der Waals surface area contributed by atoms with Crippen LogP contribution in [0.5, 0.6) is 5.75 Å². The molecule has 0 saturated carbocycles. The molecular weight excluding hydrogens is 438 g/mol. The van der Waals surface area contributed by atoms with Crippen LogP contribution in [0.3, 0.4) is 0 Å². The maximum atomic E-state index is 11.8. The van der Waals surface area contributed by atoms with E-state index in [9.17, 15) is 9.59 Å². The molecular formula is C25H21N3O4S. The Morgan fingerprint density at radius 3 is 2.76 bits per heavy atom. The van der Waals surface area contributed by atoms with E-state index in [1.807, 2.05) is 61.5 Å². The van der Waals surface area contributed by atoms with Gasteiger partial charge in [0.25, 0.3) is 5.24 Å². The molecule has 0 bridgehead atoms. The number of carbonyl (C=O) groups excluding carboxylic acids is 2. The Bertz CT molecular complexity index is 1340. The highest BCUT2D eigenvalue weighted by Crippen LogP contribution is 2.26. The van der Waals surface area contributed by atoms with Crippen LogP contribution < -0.4 is 10.1 Å². The number of oxazole rings is 1. The number of hydrogen-bond donors (Lipinski definition) is 1. The van der Waals surface area contributed by atoms with Gasteiger partial charge in [0.15, 0.2) is 0 Å². The number of aryl methyl sites for hydroxylation is 1. The molecule has 33 heavy (non-hydrogen) atoms. The van der Waals surface area contributed by atoms with Gasteiger partial charge in [0.05, 0.1) is 23.1 Å². The van der Waals surface area contributed by atoms with Gasteiger partial charge in [-0.05, 0) is 49.2 Å². The van der Waals surface area contributed by atoms with Crippen LogP contribution >= 0.6 is 11.8 Å². The lowest BCUT2D eigenvalue weighted by atomic mass is 10.1. The number of thioether (sulfide) groups is 1. The molecule has 2 aromatic carbocycles. The fraction of sp³-hybridized carbons (Fsp3) is 0.200. The number of pyridine rings is 1. The lowest BCUT2D eigenvalue weighted by Gasteiger charge is -2.09. The molecule has 0 spiro atoms. The van der Waals surface area contributed by atoms with Gasteiger partial charge in [-0.2, -0.15) is 0 Å². The summed E-state index contributed by atoms with van der Waals surface area (Å²) in [5, 5.41) is 2.57. The summed E-state index contributed by atoms with van der Waals surface area (Å²) in [6.07, 6.45) is 2.84. The van der Waals surface area contributed by atoms with Crippen molar-refractivity contribution in [3.63, 3.8) is 0 Å². The maximum Gasteiger partial charge on any atom is 0.286 e. The zero-order valence-corrected chi connectivity index (χ0v) is 18.7. The number of benzene rings is 2. The van der Waals surface area contributed by atoms with Crippen molar-refractivity contribution in [1.29, 1.82) is 0 Å². The molecule has 1 saturated heterocycles. The molecule has 0 radical (unpaired) electrons. The number of imide groups is 1. The van der Waals surface area contributed by atoms with Crippen LogP contribution in [0, 0.1) is 6.92 Å². The van der Waals surface area contributed by atoms with Crippen LogP contribution in [-0.2, 0) is 17.6 Å². The lowest BCUT2D eigenvalue weighted by molar-refractivity contribution is -0.118. The Kier molecular flexibility index (Phi) is 5.83. The Morgan fingerprint density at radius 1 is 1.12 bits per heavy atom. The molecule has 1 fully saturated rings. The molecule has 2 aromatic heterocycles. The second kappa shape index (κ2) is 9.07. The van der Waals surface area contributed by atoms with E-state index in [1.54, 1.807) is 6.20 Å². The Labute approximate surface area is 194 Å². The summed E-state index contributed by atoms with van der Waals surface area (Å²) in [4.78, 5) is 32.3. The topological polar surface area (TPSA) is 94.3 Å². The summed E-state index contributed by atoms with van der Waals surface area (Å²) in [5.74, 6) is 1.89. The molecule has 2 amide bonds. The van der Waals surface area contributed by atoms with Gasteiger partial charge in [-0.1, -0.05) is 30.0 Å². The number of nitrogens with one attached hydrogen (secondary N) is 1. The van der Waals surface area contributed by atoms with Crippen LogP contribution in [0.2, 0.25) is 0 Å². The number of rotatable bonds is 7. The fourth-order valence-electron chi connectivity index (χ4n) is 3.72. The quantitative estimate of drug-likeness (QED) is 0.428. The van der Waals surface area contributed by atoms with Gasteiger partial charge in [-0.15, -0.1) is 0 Å². The minimum Gasteiger partial charge on any atom is -0.493 e. The summed E-state index contributed by atoms with van der Waals surface area (Å²) in [6.45, 7) is 2.38. The molecule has 1 atom stereocenters. The molecule has 166 valence electrons. The molecule has 7 nitrogen and oxygen atoms in total. The molecule has 1 aliphatic heterocycles. The van der Waals surface area contributed by atoms with Crippen molar-refractivity contribution in [2.75, 3.05) is 6.61 Å². The van der Waals surface area contributed by atoms with Gasteiger partial charge in [0.1, 0.15) is 11.5 Å². The summed E-state index contributed by atoms with van der Waals surface area (Å²) in [7, 11) is 0. The molecule has 1 aliphatic rings. The first-order valence-electron chi connectivity index (χ1n) is 10.6. The van der Waals surface area contributed by atoms with E-state index < -0.39 is 5.25 Å². The highest BCUT2D eigenvalue weighted by atomic mass is 32.2. The first kappa shape index (κ1) is 21.2. The van der Waals surface area contributed by atoms with E-state index in [4.69, 9.17) is 9.15 Å². The molecule has 8 heteroatoms. The van der Waals surface area contributed by atoms with Gasteiger partial charge >= 0.3 is 0 Å². The van der Waals surface area contributed by atoms with E-state index in [0.29, 0.717) is 25.3 Å². The monoisotopic (exact) mass is 459 g/mol. The van der Waals surface area contributed by atoms with E-state index in [0.717, 1.165) is 51.0 Å². The van der Waals surface area contributed by atoms with Crippen molar-refractivity contribution in [2.24, 2.45) is 0 Å². The number of hydrogen-bond acceptors (Lipinski definition) is 7. The van der Waals surface area contributed by atoms with Crippen molar-refractivity contribution < 1.29 is 18.7 Å². The zero-order valence-electron chi connectivity index (χ0n) is 17.9. The fourth-order valence-corrected chi connectivity index (χ4v) is 4.58. The first-order chi connectivity index (χ1) is 16.0. The normalized spacial score (nSPS) is 15.7. The summed E-state index contributed by atoms with van der Waals surface area (Å²) < 4.78 is 11.7. The number of ether oxygens (including phenoxy) is 1. The van der Waals surface area contributed by atoms with Crippen LogP contribution in [-0.4, -0.2) is 33.0 Å². The second-order valence-electron chi connectivity index (χ2n) is 7.77. The number of aromatic nitrogens is 2. The third kappa shape index (κ3) is 4.75. The second-order valence-corrected chi connectivity index (χ2v) is 8.95. The summed E-state index contributed by atoms with van der Waals surface area (Å²) in [6, 6.07) is 17.6. The summed E-state index contributed by atoms with van der Waals surface area (Å²) >= 11 is 1.03. The van der Waals surface area contributed by atoms with Crippen molar-refractivity contribution >= 4 is 33.8 Å². The van der Waals surface area contributed by atoms with E-state index in [2.05, 4.69) is 15.3 Å². The van der Waals surface area contributed by atoms with Gasteiger partial charge in [-0.3, -0.25) is 19.9 Å². The number of fused-ring (bicyclic) bond motifs is 1. The molecule has 3 heterocycles. The molecule has 0 aliphatic carbocycles. The molecule has 1 unspecified atom stereocenters. The number of amides is 2. The van der Waals surface area contributed by atoms with E-state index in [1.165, 1.54) is 0 Å². The maximum absolute atomic E-state index is 11.8. The standard InChI is InChI=1S/C25H21N3O4S/c1-15-20(27-24(32-15)17-5-3-2-4-6-17)9-10-31-19-8-7-18-11-16(14-26-21(18)13-19)12-22-23(29)28-25(30)33-22/h2-8,11,13-14,22H,9-10,12H2,1H3,(H,28,29,30). The minimum atomic E-state index is -0.401. The molecule has 1 N–H and O–H groups in total. The van der Waals surface area contributed by atoms with E-state index in [-0.39, 0.29) is 11.1 Å². The minimum absolute atomic E-state index is 0.243. The van der Waals surface area contributed by atoms with Crippen LogP contribution in [0.4, 0.5) is 4.79 Å². The van der Waals surface area contributed by atoms with Crippen LogP contribution in [0.25, 0.3) is 22.4 Å². The SMILES string of the molecule is Cc1oc(-c2ccccc2)nc1CCOc1ccc2cc(CC3SC(=O)NC3=O)cnc2c1. The predicted octanol–water partition coefficient (Wildman–Crippen LogP) is 4.71. The van der Waals surface area contributed by atoms with Gasteiger partial charge < -0.3 is 9.15 Å². The predicted molar refractivity (Wildman–Crippen MR) is 126 cm³/mol. The summed E-state index contributed by atoms with van der Waals surface area (Å²) in [5.41, 5.74) is 3.55. The van der Waals surface area contributed by atoms with Crippen LogP contribution in [0.1, 0.15) is 17.0 Å². The highest BCUT2D eigenvalue weighted by Gasteiger charge is 2.31. The number of carbonyl (C=O) groups is 2. The van der Waals surface area contributed by atoms with Crippen molar-refractivity contribution in [1.82, 2.24) is 15.3 Å². The number of nitrogens with zero attached hydrogens (tertiary/aromatic N) is 2. The van der Waals surface area contributed by atoms with Crippen molar-refractivity contribution in [2.45, 2.75) is 25.0 Å². The Hall–Kier alpha value is -3.65. The highest BCUT2D eigenvalue weighted by molar-refractivity contribution is 8.15. The average Bonchev–Trinajstić information content (AvgIpc) is 3.35. The van der Waals surface area contributed by atoms with Gasteiger partial charge in [0, 0.05) is 29.6 Å². The first-order valence-corrected chi connectivity index (χ1v) is 11.5. The Balaban J connectivity index is 1.22. The van der Waals surface area contributed by atoms with Crippen molar-refractivity contribution in [3.05, 3.63) is 77.8 Å². The van der Waals surface area contributed by atoms with Gasteiger partial charge in [0.2, 0.25) is 11.8 Å². The van der Waals surface area contributed by atoms with Crippen molar-refractivity contribution in [3.8, 4) is 17.2 Å². The smallest absolute Gasteiger partial charge is 0.286 e. The molecule has 4 aromatic rings. The van der Waals surface area contributed by atoms with Gasteiger partial charge in [-0.25, -0.2) is 4.98 Å².